The van der Waals surface area contributed by atoms with Crippen molar-refractivity contribution < 1.29 is 4.74 Å². The van der Waals surface area contributed by atoms with Crippen LogP contribution in [-0.4, -0.2) is 15.9 Å². The third-order valence-corrected chi connectivity index (χ3v) is 3.00. The summed E-state index contributed by atoms with van der Waals surface area (Å²) in [4.78, 5) is 0. The molecule has 2 aromatic rings. The van der Waals surface area contributed by atoms with Gasteiger partial charge in [0.05, 0.1) is 23.2 Å². The van der Waals surface area contributed by atoms with Crippen molar-refractivity contribution in [3.8, 4) is 5.75 Å². The quantitative estimate of drug-likeness (QED) is 0.912. The average molecular weight is 259 g/mol. The fourth-order valence-corrected chi connectivity index (χ4v) is 1.99. The third-order valence-electron chi connectivity index (χ3n) is 3.00. The zero-order chi connectivity index (χ0) is 14.0. The second-order valence-corrected chi connectivity index (χ2v) is 4.99. The molecule has 102 valence electrons. The molecule has 4 heteroatoms. The Bertz CT molecular complexity index is 556. The number of aryl methyl sites for hydroxylation is 2. The molecule has 0 aliphatic heterocycles. The van der Waals surface area contributed by atoms with Gasteiger partial charge in [0.2, 0.25) is 0 Å². The van der Waals surface area contributed by atoms with Crippen molar-refractivity contribution in [2.24, 2.45) is 7.05 Å². The molecule has 0 saturated heterocycles. The zero-order valence-corrected chi connectivity index (χ0v) is 12.2. The summed E-state index contributed by atoms with van der Waals surface area (Å²) in [6.07, 6.45) is 0.196. The van der Waals surface area contributed by atoms with E-state index in [1.54, 1.807) is 0 Å². The molecule has 1 aromatic carbocycles. The van der Waals surface area contributed by atoms with Crippen LogP contribution in [0, 0.1) is 13.8 Å². The van der Waals surface area contributed by atoms with Gasteiger partial charge in [-0.3, -0.25) is 4.68 Å². The third kappa shape index (κ3) is 3.08. The second-order valence-electron chi connectivity index (χ2n) is 4.99. The van der Waals surface area contributed by atoms with E-state index >= 15 is 0 Å². The molecule has 0 bridgehead atoms. The first-order valence-corrected chi connectivity index (χ1v) is 6.51. The Kier molecular flexibility index (Phi) is 3.79. The van der Waals surface area contributed by atoms with Crippen LogP contribution in [0.4, 0.5) is 11.4 Å². The standard InChI is InChI=1S/C15H21N3O/c1-10(2)19-14-8-6-13(7-9-14)16-15-11(3)17-18(5)12(15)4/h6-10,16H,1-5H3. The van der Waals surface area contributed by atoms with Crippen LogP contribution in [0.2, 0.25) is 0 Å². The smallest absolute Gasteiger partial charge is 0.119 e. The van der Waals surface area contributed by atoms with Crippen molar-refractivity contribution in [1.29, 1.82) is 0 Å². The summed E-state index contributed by atoms with van der Waals surface area (Å²) >= 11 is 0. The Balaban J connectivity index is 2.15. The van der Waals surface area contributed by atoms with E-state index in [-0.39, 0.29) is 6.10 Å². The van der Waals surface area contributed by atoms with Gasteiger partial charge in [-0.25, -0.2) is 0 Å². The molecule has 4 nitrogen and oxygen atoms in total. The molecule has 19 heavy (non-hydrogen) atoms. The van der Waals surface area contributed by atoms with Crippen LogP contribution >= 0.6 is 0 Å². The van der Waals surface area contributed by atoms with Crippen molar-refractivity contribution in [2.45, 2.75) is 33.8 Å². The number of nitrogens with zero attached hydrogens (tertiary/aromatic N) is 2. The van der Waals surface area contributed by atoms with Crippen molar-refractivity contribution in [1.82, 2.24) is 9.78 Å². The first-order chi connectivity index (χ1) is 8.97. The summed E-state index contributed by atoms with van der Waals surface area (Å²) in [7, 11) is 1.95. The van der Waals surface area contributed by atoms with Gasteiger partial charge in [-0.1, -0.05) is 0 Å². The predicted molar refractivity (Wildman–Crippen MR) is 78.2 cm³/mol. The maximum absolute atomic E-state index is 5.63. The Morgan fingerprint density at radius 2 is 1.79 bits per heavy atom. The summed E-state index contributed by atoms with van der Waals surface area (Å²) in [5, 5.41) is 7.80. The molecule has 1 heterocycles. The molecule has 0 aliphatic carbocycles. The first kappa shape index (κ1) is 13.5. The van der Waals surface area contributed by atoms with E-state index in [4.69, 9.17) is 4.74 Å². The number of anilines is 2. The van der Waals surface area contributed by atoms with Crippen LogP contribution in [0.25, 0.3) is 0 Å². The Morgan fingerprint density at radius 3 is 2.26 bits per heavy atom. The van der Waals surface area contributed by atoms with Gasteiger partial charge in [0.1, 0.15) is 5.75 Å². The first-order valence-electron chi connectivity index (χ1n) is 6.51. The summed E-state index contributed by atoms with van der Waals surface area (Å²) in [6, 6.07) is 7.99. The molecule has 0 radical (unpaired) electrons. The molecule has 0 fully saturated rings. The van der Waals surface area contributed by atoms with E-state index in [0.29, 0.717) is 0 Å². The minimum absolute atomic E-state index is 0.196. The maximum Gasteiger partial charge on any atom is 0.119 e. The SMILES string of the molecule is Cc1nn(C)c(C)c1Nc1ccc(OC(C)C)cc1. The Hall–Kier alpha value is -1.97. The van der Waals surface area contributed by atoms with Crippen LogP contribution in [0.1, 0.15) is 25.2 Å². The fraction of sp³-hybridized carbons (Fsp3) is 0.400. The van der Waals surface area contributed by atoms with Crippen LogP contribution in [0.15, 0.2) is 24.3 Å². The lowest BCUT2D eigenvalue weighted by atomic mass is 10.2. The highest BCUT2D eigenvalue weighted by molar-refractivity contribution is 5.64. The Labute approximate surface area is 114 Å². The van der Waals surface area contributed by atoms with Crippen LogP contribution in [0.3, 0.4) is 0 Å². The van der Waals surface area contributed by atoms with E-state index in [1.165, 1.54) is 0 Å². The van der Waals surface area contributed by atoms with Gasteiger partial charge in [-0.15, -0.1) is 0 Å². The highest BCUT2D eigenvalue weighted by atomic mass is 16.5. The van der Waals surface area contributed by atoms with E-state index in [2.05, 4.69) is 17.3 Å². The van der Waals surface area contributed by atoms with Crippen molar-refractivity contribution in [3.63, 3.8) is 0 Å². The molecular formula is C15H21N3O. The van der Waals surface area contributed by atoms with Crippen molar-refractivity contribution in [3.05, 3.63) is 35.7 Å². The molecular weight excluding hydrogens is 238 g/mol. The fourth-order valence-electron chi connectivity index (χ4n) is 1.99. The summed E-state index contributed by atoms with van der Waals surface area (Å²) < 4.78 is 7.51. The van der Waals surface area contributed by atoms with Gasteiger partial charge in [0.25, 0.3) is 0 Å². The topological polar surface area (TPSA) is 39.1 Å². The lowest BCUT2D eigenvalue weighted by Gasteiger charge is -2.11. The van der Waals surface area contributed by atoms with Gasteiger partial charge in [0, 0.05) is 12.7 Å². The van der Waals surface area contributed by atoms with E-state index in [1.807, 2.05) is 56.8 Å². The number of benzene rings is 1. The van der Waals surface area contributed by atoms with E-state index in [9.17, 15) is 0 Å². The molecule has 0 unspecified atom stereocenters. The molecule has 0 saturated carbocycles. The normalized spacial score (nSPS) is 10.8. The number of nitrogens with one attached hydrogen (secondary N) is 1. The van der Waals surface area contributed by atoms with Gasteiger partial charge >= 0.3 is 0 Å². The number of rotatable bonds is 4. The zero-order valence-electron chi connectivity index (χ0n) is 12.2. The molecule has 0 spiro atoms. The molecule has 0 amide bonds. The van der Waals surface area contributed by atoms with Crippen LogP contribution in [0.5, 0.6) is 5.75 Å². The van der Waals surface area contributed by atoms with Gasteiger partial charge < -0.3 is 10.1 Å². The molecule has 0 atom stereocenters. The van der Waals surface area contributed by atoms with Gasteiger partial charge in [0.15, 0.2) is 0 Å². The maximum atomic E-state index is 5.63. The number of ether oxygens (including phenoxy) is 1. The van der Waals surface area contributed by atoms with Crippen LogP contribution < -0.4 is 10.1 Å². The Morgan fingerprint density at radius 1 is 1.16 bits per heavy atom. The minimum Gasteiger partial charge on any atom is -0.491 e. The van der Waals surface area contributed by atoms with E-state index in [0.717, 1.165) is 28.5 Å². The molecule has 2 rings (SSSR count). The number of hydrogen-bond donors (Lipinski definition) is 1. The monoisotopic (exact) mass is 259 g/mol. The average Bonchev–Trinajstić information content (AvgIpc) is 2.58. The lowest BCUT2D eigenvalue weighted by molar-refractivity contribution is 0.242. The largest absolute Gasteiger partial charge is 0.491 e. The highest BCUT2D eigenvalue weighted by Crippen LogP contribution is 2.25. The van der Waals surface area contributed by atoms with Crippen LogP contribution in [-0.2, 0) is 7.05 Å². The molecule has 1 N–H and O–H groups in total. The predicted octanol–water partition coefficient (Wildman–Crippen LogP) is 3.57. The molecule has 1 aromatic heterocycles. The summed E-state index contributed by atoms with van der Waals surface area (Å²) in [6.45, 7) is 8.10. The van der Waals surface area contributed by atoms with Crippen molar-refractivity contribution >= 4 is 11.4 Å². The van der Waals surface area contributed by atoms with Gasteiger partial charge in [-0.05, 0) is 52.0 Å². The summed E-state index contributed by atoms with van der Waals surface area (Å²) in [5.41, 5.74) is 4.23. The second kappa shape index (κ2) is 5.34. The van der Waals surface area contributed by atoms with Gasteiger partial charge in [-0.2, -0.15) is 5.10 Å². The number of aromatic nitrogens is 2. The summed E-state index contributed by atoms with van der Waals surface area (Å²) in [5.74, 6) is 0.889. The highest BCUT2D eigenvalue weighted by Gasteiger charge is 2.09. The number of hydrogen-bond acceptors (Lipinski definition) is 3. The molecule has 0 aliphatic rings. The minimum atomic E-state index is 0.196. The van der Waals surface area contributed by atoms with Crippen molar-refractivity contribution in [2.75, 3.05) is 5.32 Å². The van der Waals surface area contributed by atoms with E-state index < -0.39 is 0 Å². The lowest BCUT2D eigenvalue weighted by Crippen LogP contribution is -2.05.